The van der Waals surface area contributed by atoms with E-state index in [0.717, 1.165) is 5.75 Å². The molecular weight excluding hydrogens is 246 g/mol. The highest BCUT2D eigenvalue weighted by Gasteiger charge is 2.11. The fourth-order valence-corrected chi connectivity index (χ4v) is 2.40. The van der Waals surface area contributed by atoms with Crippen molar-refractivity contribution in [1.82, 2.24) is 5.32 Å². The predicted octanol–water partition coefficient (Wildman–Crippen LogP) is 4.42. The van der Waals surface area contributed by atoms with Gasteiger partial charge in [0.15, 0.2) is 0 Å². The zero-order chi connectivity index (χ0) is 14.5. The third-order valence-corrected chi connectivity index (χ3v) is 3.66. The molecule has 0 saturated carbocycles. The lowest BCUT2D eigenvalue weighted by Crippen LogP contribution is -2.22. The first-order chi connectivity index (χ1) is 9.60. The van der Waals surface area contributed by atoms with Crippen molar-refractivity contribution in [3.05, 3.63) is 65.2 Å². The van der Waals surface area contributed by atoms with E-state index in [1.807, 2.05) is 12.1 Å². The summed E-state index contributed by atoms with van der Waals surface area (Å²) in [5.74, 6) is 0.896. The fraction of sp³-hybridized carbons (Fsp3) is 0.333. The Morgan fingerprint density at radius 3 is 2.15 bits per heavy atom. The molecule has 2 nitrogen and oxygen atoms in total. The molecule has 0 spiro atoms. The van der Waals surface area contributed by atoms with Crippen molar-refractivity contribution in [3.63, 3.8) is 0 Å². The van der Waals surface area contributed by atoms with Crippen molar-refractivity contribution >= 4 is 0 Å². The number of hydrogen-bond donors (Lipinski definition) is 1. The second kappa shape index (κ2) is 6.58. The van der Waals surface area contributed by atoms with Crippen LogP contribution in [0.3, 0.4) is 0 Å². The average Bonchev–Trinajstić information content (AvgIpc) is 2.47. The predicted molar refractivity (Wildman–Crippen MR) is 84.1 cm³/mol. The van der Waals surface area contributed by atoms with Gasteiger partial charge in [-0.25, -0.2) is 0 Å². The maximum absolute atomic E-state index is 5.19. The number of nitrogens with one attached hydrogen (secondary N) is 1. The molecule has 1 unspecified atom stereocenters. The van der Waals surface area contributed by atoms with Crippen LogP contribution in [-0.4, -0.2) is 7.11 Å². The Bertz CT molecular complexity index is 548. The molecule has 1 N–H and O–H groups in total. The standard InChI is InChI=1S/C18H23NO/c1-13-6-5-7-17(12-13)15(3)19-14(2)16-8-10-18(20-4)11-9-16/h5-12,14-15,19H,1-4H3/t14?,15-/m0/s1. The molecule has 0 amide bonds. The molecule has 0 saturated heterocycles. The molecule has 2 aromatic rings. The molecule has 0 heterocycles. The normalized spacial score (nSPS) is 13.8. The van der Waals surface area contributed by atoms with Crippen molar-refractivity contribution in [2.45, 2.75) is 32.9 Å². The lowest BCUT2D eigenvalue weighted by Gasteiger charge is -2.21. The number of hydrogen-bond acceptors (Lipinski definition) is 2. The zero-order valence-corrected chi connectivity index (χ0v) is 12.7. The first-order valence-electron chi connectivity index (χ1n) is 7.06. The summed E-state index contributed by atoms with van der Waals surface area (Å²) in [5.41, 5.74) is 3.89. The van der Waals surface area contributed by atoms with Gasteiger partial charge in [0.25, 0.3) is 0 Å². The minimum Gasteiger partial charge on any atom is -0.497 e. The second-order valence-electron chi connectivity index (χ2n) is 5.30. The van der Waals surface area contributed by atoms with Crippen LogP contribution in [0, 0.1) is 6.92 Å². The first kappa shape index (κ1) is 14.6. The lowest BCUT2D eigenvalue weighted by molar-refractivity contribution is 0.414. The smallest absolute Gasteiger partial charge is 0.118 e. The van der Waals surface area contributed by atoms with Gasteiger partial charge in [-0.1, -0.05) is 42.0 Å². The van der Waals surface area contributed by atoms with Gasteiger partial charge in [-0.2, -0.15) is 0 Å². The molecule has 2 heteroatoms. The Hall–Kier alpha value is -1.80. The molecule has 2 aromatic carbocycles. The van der Waals surface area contributed by atoms with Gasteiger partial charge in [0.1, 0.15) is 5.75 Å². The van der Waals surface area contributed by atoms with Gasteiger partial charge >= 0.3 is 0 Å². The van der Waals surface area contributed by atoms with Gasteiger partial charge in [-0.05, 0) is 44.0 Å². The van der Waals surface area contributed by atoms with Crippen LogP contribution in [0.4, 0.5) is 0 Å². The monoisotopic (exact) mass is 269 g/mol. The minimum absolute atomic E-state index is 0.302. The quantitative estimate of drug-likeness (QED) is 0.867. The van der Waals surface area contributed by atoms with E-state index in [1.165, 1.54) is 16.7 Å². The third kappa shape index (κ3) is 3.61. The number of rotatable bonds is 5. The molecule has 0 radical (unpaired) electrons. The van der Waals surface area contributed by atoms with E-state index in [2.05, 4.69) is 62.5 Å². The molecule has 2 atom stereocenters. The van der Waals surface area contributed by atoms with Crippen LogP contribution in [0.1, 0.15) is 42.6 Å². The molecule has 20 heavy (non-hydrogen) atoms. The van der Waals surface area contributed by atoms with Crippen molar-refractivity contribution in [3.8, 4) is 5.75 Å². The van der Waals surface area contributed by atoms with Crippen LogP contribution in [0.25, 0.3) is 0 Å². The SMILES string of the molecule is COc1ccc(C(C)N[C@@H](C)c2cccc(C)c2)cc1. The van der Waals surface area contributed by atoms with E-state index in [1.54, 1.807) is 7.11 Å². The van der Waals surface area contributed by atoms with Crippen molar-refractivity contribution in [1.29, 1.82) is 0 Å². The number of methoxy groups -OCH3 is 1. The Balaban J connectivity index is 2.04. The van der Waals surface area contributed by atoms with Crippen molar-refractivity contribution in [2.24, 2.45) is 0 Å². The van der Waals surface area contributed by atoms with Crippen LogP contribution in [-0.2, 0) is 0 Å². The highest BCUT2D eigenvalue weighted by molar-refractivity contribution is 5.29. The summed E-state index contributed by atoms with van der Waals surface area (Å²) in [6.45, 7) is 6.52. The molecule has 0 aliphatic carbocycles. The molecular formula is C18H23NO. The van der Waals surface area contributed by atoms with E-state index in [0.29, 0.717) is 12.1 Å². The maximum Gasteiger partial charge on any atom is 0.118 e. The largest absolute Gasteiger partial charge is 0.497 e. The van der Waals surface area contributed by atoms with Crippen LogP contribution in [0.5, 0.6) is 5.75 Å². The Morgan fingerprint density at radius 2 is 1.55 bits per heavy atom. The van der Waals surface area contributed by atoms with Crippen LogP contribution < -0.4 is 10.1 Å². The van der Waals surface area contributed by atoms with Gasteiger partial charge in [0.05, 0.1) is 7.11 Å². The lowest BCUT2D eigenvalue weighted by atomic mass is 10.0. The highest BCUT2D eigenvalue weighted by atomic mass is 16.5. The van der Waals surface area contributed by atoms with Gasteiger partial charge < -0.3 is 10.1 Å². The summed E-state index contributed by atoms with van der Waals surface area (Å²) < 4.78 is 5.19. The Labute approximate surface area is 121 Å². The van der Waals surface area contributed by atoms with Crippen LogP contribution in [0.2, 0.25) is 0 Å². The summed E-state index contributed by atoms with van der Waals surface area (Å²) in [4.78, 5) is 0. The fourth-order valence-electron chi connectivity index (χ4n) is 2.40. The summed E-state index contributed by atoms with van der Waals surface area (Å²) in [7, 11) is 1.69. The summed E-state index contributed by atoms with van der Waals surface area (Å²) >= 11 is 0. The van der Waals surface area contributed by atoms with Crippen molar-refractivity contribution < 1.29 is 4.74 Å². The van der Waals surface area contributed by atoms with Gasteiger partial charge in [-0.15, -0.1) is 0 Å². The average molecular weight is 269 g/mol. The molecule has 0 aliphatic heterocycles. The number of benzene rings is 2. The summed E-state index contributed by atoms with van der Waals surface area (Å²) in [6.07, 6.45) is 0. The molecule has 0 bridgehead atoms. The van der Waals surface area contributed by atoms with E-state index < -0.39 is 0 Å². The molecule has 0 aliphatic rings. The van der Waals surface area contributed by atoms with E-state index >= 15 is 0 Å². The van der Waals surface area contributed by atoms with Gasteiger partial charge in [-0.3, -0.25) is 0 Å². The van der Waals surface area contributed by atoms with Crippen LogP contribution in [0.15, 0.2) is 48.5 Å². The van der Waals surface area contributed by atoms with Gasteiger partial charge in [0.2, 0.25) is 0 Å². The molecule has 106 valence electrons. The number of aryl methyl sites for hydroxylation is 1. The topological polar surface area (TPSA) is 21.3 Å². The summed E-state index contributed by atoms with van der Waals surface area (Å²) in [5, 5.41) is 3.64. The Morgan fingerprint density at radius 1 is 0.900 bits per heavy atom. The highest BCUT2D eigenvalue weighted by Crippen LogP contribution is 2.21. The van der Waals surface area contributed by atoms with Crippen molar-refractivity contribution in [2.75, 3.05) is 7.11 Å². The second-order valence-corrected chi connectivity index (χ2v) is 5.30. The van der Waals surface area contributed by atoms with E-state index in [9.17, 15) is 0 Å². The first-order valence-corrected chi connectivity index (χ1v) is 7.06. The maximum atomic E-state index is 5.19. The third-order valence-electron chi connectivity index (χ3n) is 3.66. The Kier molecular flexibility index (Phi) is 4.80. The zero-order valence-electron chi connectivity index (χ0n) is 12.7. The summed E-state index contributed by atoms with van der Waals surface area (Å²) in [6, 6.07) is 17.5. The van der Waals surface area contributed by atoms with E-state index in [-0.39, 0.29) is 0 Å². The molecule has 0 aromatic heterocycles. The van der Waals surface area contributed by atoms with Crippen LogP contribution >= 0.6 is 0 Å². The number of ether oxygens (including phenoxy) is 1. The van der Waals surface area contributed by atoms with Gasteiger partial charge in [0, 0.05) is 12.1 Å². The molecule has 2 rings (SSSR count). The molecule has 0 fully saturated rings. The van der Waals surface area contributed by atoms with E-state index in [4.69, 9.17) is 4.74 Å². The minimum atomic E-state index is 0.302.